The fraction of sp³-hybridized carbons (Fsp3) is 0.0833. The predicted octanol–water partition coefficient (Wildman–Crippen LogP) is 1.74. The smallest absolute Gasteiger partial charge is 0.339 e. The van der Waals surface area contributed by atoms with Crippen LogP contribution in [0, 0.1) is 6.92 Å². The second kappa shape index (κ2) is 4.66. The van der Waals surface area contributed by atoms with E-state index in [0.29, 0.717) is 0 Å². The van der Waals surface area contributed by atoms with Gasteiger partial charge in [0.2, 0.25) is 0 Å². The molecule has 1 aromatic carbocycles. The van der Waals surface area contributed by atoms with E-state index in [-0.39, 0.29) is 16.5 Å². The molecule has 0 spiro atoms. The molecule has 1 aromatic heterocycles. The van der Waals surface area contributed by atoms with E-state index >= 15 is 0 Å². The predicted molar refractivity (Wildman–Crippen MR) is 67.6 cm³/mol. The van der Waals surface area contributed by atoms with Gasteiger partial charge in [-0.25, -0.2) is 4.98 Å². The Morgan fingerprint density at radius 3 is 2.44 bits per heavy atom. The highest BCUT2D eigenvalue weighted by Crippen LogP contribution is 2.22. The molecule has 2 rings (SSSR count). The SMILES string of the molecule is Cc1ccc(S(=O)(=O)Oc2cccnc2N)cc1. The first kappa shape index (κ1) is 12.4. The highest BCUT2D eigenvalue weighted by molar-refractivity contribution is 7.87. The van der Waals surface area contributed by atoms with Gasteiger partial charge in [-0.05, 0) is 31.2 Å². The summed E-state index contributed by atoms with van der Waals surface area (Å²) in [4.78, 5) is 3.84. The van der Waals surface area contributed by atoms with Crippen molar-refractivity contribution in [3.63, 3.8) is 0 Å². The van der Waals surface area contributed by atoms with Crippen LogP contribution in [0.2, 0.25) is 0 Å². The van der Waals surface area contributed by atoms with E-state index in [2.05, 4.69) is 4.98 Å². The van der Waals surface area contributed by atoms with Crippen molar-refractivity contribution in [3.05, 3.63) is 48.2 Å². The molecule has 5 nitrogen and oxygen atoms in total. The maximum atomic E-state index is 12.0. The van der Waals surface area contributed by atoms with Gasteiger partial charge >= 0.3 is 10.1 Å². The van der Waals surface area contributed by atoms with Crippen LogP contribution in [0.4, 0.5) is 5.82 Å². The summed E-state index contributed by atoms with van der Waals surface area (Å²) >= 11 is 0. The minimum absolute atomic E-state index is 0.0260. The standard InChI is InChI=1S/C12H12N2O3S/c1-9-4-6-10(7-5-9)18(15,16)17-11-3-2-8-14-12(11)13/h2-8H,1H3,(H2,13,14). The Hall–Kier alpha value is -2.08. The van der Waals surface area contributed by atoms with Crippen molar-refractivity contribution >= 4 is 15.9 Å². The lowest BCUT2D eigenvalue weighted by atomic mass is 10.2. The minimum atomic E-state index is -3.87. The van der Waals surface area contributed by atoms with E-state index in [0.717, 1.165) is 5.56 Å². The van der Waals surface area contributed by atoms with Crippen LogP contribution in [0.5, 0.6) is 5.75 Å². The van der Waals surface area contributed by atoms with Crippen LogP contribution >= 0.6 is 0 Å². The summed E-state index contributed by atoms with van der Waals surface area (Å²) in [6.45, 7) is 1.87. The van der Waals surface area contributed by atoms with Crippen LogP contribution in [-0.4, -0.2) is 13.4 Å². The summed E-state index contributed by atoms with van der Waals surface area (Å²) in [6.07, 6.45) is 1.46. The molecule has 0 aliphatic carbocycles. The first-order chi connectivity index (χ1) is 8.49. The third-order valence-electron chi connectivity index (χ3n) is 2.31. The van der Waals surface area contributed by atoms with Crippen molar-refractivity contribution in [1.82, 2.24) is 4.98 Å². The molecule has 1 heterocycles. The first-order valence-corrected chi connectivity index (χ1v) is 6.61. The van der Waals surface area contributed by atoms with Crippen molar-refractivity contribution in [2.24, 2.45) is 0 Å². The molecule has 0 bridgehead atoms. The van der Waals surface area contributed by atoms with Crippen molar-refractivity contribution in [3.8, 4) is 5.75 Å². The molecule has 94 valence electrons. The summed E-state index contributed by atoms with van der Waals surface area (Å²) in [7, 11) is -3.87. The number of pyridine rings is 1. The zero-order chi connectivity index (χ0) is 13.2. The molecule has 18 heavy (non-hydrogen) atoms. The molecule has 0 radical (unpaired) electrons. The van der Waals surface area contributed by atoms with Crippen molar-refractivity contribution < 1.29 is 12.6 Å². The second-order valence-electron chi connectivity index (χ2n) is 3.74. The zero-order valence-electron chi connectivity index (χ0n) is 9.70. The number of aryl methyl sites for hydroxylation is 1. The maximum Gasteiger partial charge on any atom is 0.339 e. The fourth-order valence-electron chi connectivity index (χ4n) is 1.34. The zero-order valence-corrected chi connectivity index (χ0v) is 10.5. The van der Waals surface area contributed by atoms with Crippen molar-refractivity contribution in [2.45, 2.75) is 11.8 Å². The van der Waals surface area contributed by atoms with E-state index in [9.17, 15) is 8.42 Å². The van der Waals surface area contributed by atoms with E-state index in [1.165, 1.54) is 24.4 Å². The number of anilines is 1. The normalized spacial score (nSPS) is 11.2. The lowest BCUT2D eigenvalue weighted by Gasteiger charge is -2.08. The van der Waals surface area contributed by atoms with Gasteiger partial charge in [-0.2, -0.15) is 8.42 Å². The largest absolute Gasteiger partial charge is 0.381 e. The molecule has 6 heteroatoms. The summed E-state index contributed by atoms with van der Waals surface area (Å²) in [6, 6.07) is 9.37. The Balaban J connectivity index is 2.33. The number of aromatic nitrogens is 1. The third kappa shape index (κ3) is 2.60. The molecule has 0 unspecified atom stereocenters. The van der Waals surface area contributed by atoms with Crippen LogP contribution in [0.1, 0.15) is 5.56 Å². The molecular formula is C12H12N2O3S. The summed E-state index contributed by atoms with van der Waals surface area (Å²) in [5.74, 6) is 0.0614. The van der Waals surface area contributed by atoms with Crippen LogP contribution < -0.4 is 9.92 Å². The number of nitrogen functional groups attached to an aromatic ring is 1. The van der Waals surface area contributed by atoms with Crippen molar-refractivity contribution in [1.29, 1.82) is 0 Å². The van der Waals surface area contributed by atoms with Gasteiger partial charge in [0.25, 0.3) is 0 Å². The topological polar surface area (TPSA) is 82.3 Å². The molecule has 0 amide bonds. The Morgan fingerprint density at radius 1 is 1.17 bits per heavy atom. The molecular weight excluding hydrogens is 252 g/mol. The van der Waals surface area contributed by atoms with Gasteiger partial charge in [-0.3, -0.25) is 0 Å². The van der Waals surface area contributed by atoms with Gasteiger partial charge in [-0.15, -0.1) is 0 Å². The Morgan fingerprint density at radius 2 is 1.83 bits per heavy atom. The summed E-state index contributed by atoms with van der Waals surface area (Å²) in [5.41, 5.74) is 6.50. The lowest BCUT2D eigenvalue weighted by molar-refractivity contribution is 0.486. The highest BCUT2D eigenvalue weighted by atomic mass is 32.2. The van der Waals surface area contributed by atoms with Gasteiger partial charge in [0.05, 0.1) is 0 Å². The average molecular weight is 264 g/mol. The molecule has 2 N–H and O–H groups in total. The van der Waals surface area contributed by atoms with Crippen LogP contribution in [0.25, 0.3) is 0 Å². The number of rotatable bonds is 3. The van der Waals surface area contributed by atoms with E-state index in [1.54, 1.807) is 18.2 Å². The van der Waals surface area contributed by atoms with Gasteiger partial charge < -0.3 is 9.92 Å². The highest BCUT2D eigenvalue weighted by Gasteiger charge is 2.17. The molecule has 0 aliphatic heterocycles. The van der Waals surface area contributed by atoms with Gasteiger partial charge in [-0.1, -0.05) is 17.7 Å². The van der Waals surface area contributed by atoms with Crippen molar-refractivity contribution in [2.75, 3.05) is 5.73 Å². The monoisotopic (exact) mass is 264 g/mol. The number of nitrogens with zero attached hydrogens (tertiary/aromatic N) is 1. The van der Waals surface area contributed by atoms with Gasteiger partial charge in [0, 0.05) is 6.20 Å². The number of benzene rings is 1. The molecule has 0 atom stereocenters. The Kier molecular flexibility index (Phi) is 3.20. The van der Waals surface area contributed by atoms with Gasteiger partial charge in [0.15, 0.2) is 11.6 Å². The lowest BCUT2D eigenvalue weighted by Crippen LogP contribution is -2.11. The molecule has 2 aromatic rings. The molecule has 0 saturated carbocycles. The summed E-state index contributed by atoms with van der Waals surface area (Å²) in [5, 5.41) is 0. The first-order valence-electron chi connectivity index (χ1n) is 5.21. The number of hydrogen-bond acceptors (Lipinski definition) is 5. The molecule has 0 saturated heterocycles. The number of hydrogen-bond donors (Lipinski definition) is 1. The quantitative estimate of drug-likeness (QED) is 0.854. The third-order valence-corrected chi connectivity index (χ3v) is 3.56. The average Bonchev–Trinajstić information content (AvgIpc) is 2.32. The van der Waals surface area contributed by atoms with E-state index in [1.807, 2.05) is 6.92 Å². The fourth-order valence-corrected chi connectivity index (χ4v) is 2.29. The van der Waals surface area contributed by atoms with E-state index in [4.69, 9.17) is 9.92 Å². The van der Waals surface area contributed by atoms with Crippen LogP contribution in [0.3, 0.4) is 0 Å². The number of nitrogens with two attached hydrogens (primary N) is 1. The Labute approximate surface area is 105 Å². The Bertz CT molecular complexity index is 651. The second-order valence-corrected chi connectivity index (χ2v) is 5.28. The minimum Gasteiger partial charge on any atom is -0.381 e. The molecule has 0 fully saturated rings. The van der Waals surface area contributed by atoms with Gasteiger partial charge in [0.1, 0.15) is 4.90 Å². The molecule has 0 aliphatic rings. The van der Waals surface area contributed by atoms with Crippen LogP contribution in [-0.2, 0) is 10.1 Å². The maximum absolute atomic E-state index is 12.0. The summed E-state index contributed by atoms with van der Waals surface area (Å²) < 4.78 is 28.9. The van der Waals surface area contributed by atoms with E-state index < -0.39 is 10.1 Å². The van der Waals surface area contributed by atoms with Crippen LogP contribution in [0.15, 0.2) is 47.5 Å².